The van der Waals surface area contributed by atoms with Crippen LogP contribution in [-0.4, -0.2) is 43.9 Å². The second-order valence-electron chi connectivity index (χ2n) is 5.24. The Balaban J connectivity index is 2.17. The lowest BCUT2D eigenvalue weighted by atomic mass is 10.0. The van der Waals surface area contributed by atoms with Crippen LogP contribution in [0.25, 0.3) is 0 Å². The number of urea groups is 1. The Morgan fingerprint density at radius 3 is 2.61 bits per heavy atom. The average Bonchev–Trinajstić information content (AvgIpc) is 2.54. The number of hydrogen-bond acceptors (Lipinski definition) is 3. The molecule has 1 heterocycles. The zero-order valence-electron chi connectivity index (χ0n) is 12.9. The Morgan fingerprint density at radius 2 is 2.00 bits per heavy atom. The number of anilines is 1. The summed E-state index contributed by atoms with van der Waals surface area (Å²) in [7, 11) is 2.89. The normalized spacial score (nSPS) is 18.5. The van der Waals surface area contributed by atoms with Crippen molar-refractivity contribution in [3.05, 3.63) is 18.2 Å². The number of ether oxygens (including phenoxy) is 2. The lowest BCUT2D eigenvalue weighted by Gasteiger charge is -2.36. The number of halogens is 3. The number of carbonyl (C=O) groups is 1. The van der Waals surface area contributed by atoms with Gasteiger partial charge in [0, 0.05) is 12.6 Å². The molecule has 1 aliphatic rings. The third kappa shape index (κ3) is 4.00. The molecule has 1 atom stereocenters. The predicted octanol–water partition coefficient (Wildman–Crippen LogP) is 3.65. The molecular weight excluding hydrogens is 313 g/mol. The highest BCUT2D eigenvalue weighted by Crippen LogP contribution is 2.33. The van der Waals surface area contributed by atoms with Crippen LogP contribution in [0.2, 0.25) is 0 Å². The molecule has 23 heavy (non-hydrogen) atoms. The summed E-state index contributed by atoms with van der Waals surface area (Å²) in [6.07, 6.45) is -3.49. The van der Waals surface area contributed by atoms with Gasteiger partial charge in [0.2, 0.25) is 0 Å². The van der Waals surface area contributed by atoms with E-state index in [0.29, 0.717) is 30.0 Å². The molecule has 1 aliphatic heterocycles. The van der Waals surface area contributed by atoms with E-state index >= 15 is 0 Å². The van der Waals surface area contributed by atoms with E-state index in [1.807, 2.05) is 0 Å². The first-order chi connectivity index (χ1) is 10.9. The van der Waals surface area contributed by atoms with Gasteiger partial charge < -0.3 is 19.7 Å². The number of likely N-dealkylation sites (tertiary alicyclic amines) is 1. The summed E-state index contributed by atoms with van der Waals surface area (Å²) in [5.74, 6) is 0.837. The Hall–Kier alpha value is -2.12. The summed E-state index contributed by atoms with van der Waals surface area (Å²) in [6, 6.07) is 2.14. The smallest absolute Gasteiger partial charge is 0.408 e. The zero-order valence-corrected chi connectivity index (χ0v) is 12.9. The van der Waals surface area contributed by atoms with Gasteiger partial charge in [0.05, 0.1) is 19.9 Å². The molecule has 0 saturated carbocycles. The van der Waals surface area contributed by atoms with Gasteiger partial charge in [-0.05, 0) is 31.4 Å². The fourth-order valence-corrected chi connectivity index (χ4v) is 2.60. The molecule has 8 heteroatoms. The van der Waals surface area contributed by atoms with Gasteiger partial charge in [0.15, 0.2) is 0 Å². The molecule has 1 saturated heterocycles. The van der Waals surface area contributed by atoms with Gasteiger partial charge >= 0.3 is 12.2 Å². The van der Waals surface area contributed by atoms with E-state index in [9.17, 15) is 18.0 Å². The van der Waals surface area contributed by atoms with Gasteiger partial charge in [-0.2, -0.15) is 13.2 Å². The van der Waals surface area contributed by atoms with Crippen LogP contribution in [0.15, 0.2) is 18.2 Å². The SMILES string of the molecule is COc1ccc(NC(=O)N2CCCCC2C(F)(F)F)c(OC)c1. The topological polar surface area (TPSA) is 50.8 Å². The molecule has 1 unspecified atom stereocenters. The molecule has 2 amide bonds. The molecule has 128 valence electrons. The Morgan fingerprint density at radius 1 is 1.26 bits per heavy atom. The first-order valence-electron chi connectivity index (χ1n) is 7.23. The Bertz CT molecular complexity index is 563. The predicted molar refractivity (Wildman–Crippen MR) is 79.0 cm³/mol. The van der Waals surface area contributed by atoms with Crippen LogP contribution in [0.4, 0.5) is 23.7 Å². The van der Waals surface area contributed by atoms with Crippen molar-refractivity contribution in [3.63, 3.8) is 0 Å². The minimum atomic E-state index is -4.43. The fourth-order valence-electron chi connectivity index (χ4n) is 2.60. The molecule has 0 bridgehead atoms. The zero-order chi connectivity index (χ0) is 17.0. The summed E-state index contributed by atoms with van der Waals surface area (Å²) < 4.78 is 49.4. The quantitative estimate of drug-likeness (QED) is 0.919. The van der Waals surface area contributed by atoms with Crippen molar-refractivity contribution in [1.29, 1.82) is 0 Å². The molecular formula is C15H19F3N2O3. The van der Waals surface area contributed by atoms with Crippen LogP contribution in [0.5, 0.6) is 11.5 Å². The fraction of sp³-hybridized carbons (Fsp3) is 0.533. The molecule has 0 spiro atoms. The number of benzene rings is 1. The number of alkyl halides is 3. The third-order valence-electron chi connectivity index (χ3n) is 3.79. The van der Waals surface area contributed by atoms with Crippen LogP contribution >= 0.6 is 0 Å². The summed E-state index contributed by atoms with van der Waals surface area (Å²) in [4.78, 5) is 13.1. The number of carbonyl (C=O) groups excluding carboxylic acids is 1. The first-order valence-corrected chi connectivity index (χ1v) is 7.23. The highest BCUT2D eigenvalue weighted by Gasteiger charge is 2.46. The van der Waals surface area contributed by atoms with Gasteiger partial charge in [-0.3, -0.25) is 0 Å². The van der Waals surface area contributed by atoms with Crippen molar-refractivity contribution in [3.8, 4) is 11.5 Å². The van der Waals surface area contributed by atoms with Gasteiger partial charge in [-0.1, -0.05) is 0 Å². The van der Waals surface area contributed by atoms with Crippen LogP contribution in [0, 0.1) is 0 Å². The van der Waals surface area contributed by atoms with E-state index < -0.39 is 18.2 Å². The highest BCUT2D eigenvalue weighted by molar-refractivity contribution is 5.91. The summed E-state index contributed by atoms with van der Waals surface area (Å²) >= 11 is 0. The minimum Gasteiger partial charge on any atom is -0.497 e. The maximum atomic E-state index is 13.1. The van der Waals surface area contributed by atoms with Crippen LogP contribution in [-0.2, 0) is 0 Å². The Kier molecular flexibility index (Phi) is 5.23. The van der Waals surface area contributed by atoms with Crippen molar-refractivity contribution in [1.82, 2.24) is 4.90 Å². The third-order valence-corrected chi connectivity index (χ3v) is 3.79. The monoisotopic (exact) mass is 332 g/mol. The van der Waals surface area contributed by atoms with Crippen LogP contribution in [0.1, 0.15) is 19.3 Å². The molecule has 0 radical (unpaired) electrons. The molecule has 1 aromatic rings. The van der Waals surface area contributed by atoms with Gasteiger partial charge in [0.25, 0.3) is 0 Å². The molecule has 2 rings (SSSR count). The van der Waals surface area contributed by atoms with Crippen molar-refractivity contribution in [2.45, 2.75) is 31.5 Å². The summed E-state index contributed by atoms with van der Waals surface area (Å²) in [5.41, 5.74) is 0.296. The lowest BCUT2D eigenvalue weighted by molar-refractivity contribution is -0.181. The summed E-state index contributed by atoms with van der Waals surface area (Å²) in [5, 5.41) is 2.49. The minimum absolute atomic E-state index is 0.0728. The molecule has 1 aromatic carbocycles. The van der Waals surface area contributed by atoms with Gasteiger partial charge in [-0.15, -0.1) is 0 Å². The maximum absolute atomic E-state index is 13.1. The molecule has 0 aromatic heterocycles. The molecule has 1 N–H and O–H groups in total. The number of nitrogens with one attached hydrogen (secondary N) is 1. The van der Waals surface area contributed by atoms with E-state index in [0.717, 1.165) is 4.90 Å². The van der Waals surface area contributed by atoms with E-state index in [2.05, 4.69) is 5.32 Å². The van der Waals surface area contributed by atoms with Crippen molar-refractivity contribution in [2.75, 3.05) is 26.1 Å². The average molecular weight is 332 g/mol. The standard InChI is InChI=1S/C15H19F3N2O3/c1-22-10-6-7-11(12(9-10)23-2)19-14(21)20-8-4-3-5-13(20)15(16,17)18/h6-7,9,13H,3-5,8H2,1-2H3,(H,19,21). The number of hydrogen-bond donors (Lipinski definition) is 1. The van der Waals surface area contributed by atoms with E-state index in [-0.39, 0.29) is 13.0 Å². The van der Waals surface area contributed by atoms with Crippen molar-refractivity contribution >= 4 is 11.7 Å². The van der Waals surface area contributed by atoms with Gasteiger partial charge in [0.1, 0.15) is 17.5 Å². The maximum Gasteiger partial charge on any atom is 0.408 e. The second-order valence-corrected chi connectivity index (χ2v) is 5.24. The molecule has 1 fully saturated rings. The number of amides is 2. The first kappa shape index (κ1) is 17.2. The van der Waals surface area contributed by atoms with E-state index in [1.54, 1.807) is 12.1 Å². The van der Waals surface area contributed by atoms with E-state index in [1.165, 1.54) is 20.3 Å². The van der Waals surface area contributed by atoms with Gasteiger partial charge in [-0.25, -0.2) is 4.79 Å². The van der Waals surface area contributed by atoms with Crippen molar-refractivity contribution in [2.24, 2.45) is 0 Å². The Labute approximate surface area is 132 Å². The lowest BCUT2D eigenvalue weighted by Crippen LogP contribution is -2.52. The number of methoxy groups -OCH3 is 2. The van der Waals surface area contributed by atoms with Crippen LogP contribution in [0.3, 0.4) is 0 Å². The summed E-state index contributed by atoms with van der Waals surface area (Å²) in [6.45, 7) is 0.0779. The number of rotatable bonds is 3. The van der Waals surface area contributed by atoms with E-state index in [4.69, 9.17) is 9.47 Å². The van der Waals surface area contributed by atoms with Crippen molar-refractivity contribution < 1.29 is 27.4 Å². The highest BCUT2D eigenvalue weighted by atomic mass is 19.4. The molecule has 0 aliphatic carbocycles. The van der Waals surface area contributed by atoms with Crippen LogP contribution < -0.4 is 14.8 Å². The number of piperidine rings is 1. The number of nitrogens with zero attached hydrogens (tertiary/aromatic N) is 1. The molecule has 5 nitrogen and oxygen atoms in total. The largest absolute Gasteiger partial charge is 0.497 e. The second kappa shape index (κ2) is 6.97.